The van der Waals surface area contributed by atoms with E-state index in [-0.39, 0.29) is 30.5 Å². The van der Waals surface area contributed by atoms with E-state index in [0.29, 0.717) is 13.2 Å². The summed E-state index contributed by atoms with van der Waals surface area (Å²) in [5, 5.41) is 9.53. The molecule has 31 heavy (non-hydrogen) atoms. The Hall–Kier alpha value is -3.13. The standard InChI is InChI=1S/C23H26N2O6/c26-20-17(23(28)29)13-24-14-18-25(11-7-2-1-3-8-12-30-18)22(27)19(24)21(20)31-15-16-9-5-4-6-10-16/h4-6,9-10,13,18H,1-3,7-8,11-12,14-15H2,(H,28,29). The summed E-state index contributed by atoms with van der Waals surface area (Å²) in [7, 11) is 0. The molecule has 8 nitrogen and oxygen atoms in total. The fourth-order valence-corrected chi connectivity index (χ4v) is 4.08. The van der Waals surface area contributed by atoms with Crippen molar-refractivity contribution in [3.8, 4) is 5.75 Å². The summed E-state index contributed by atoms with van der Waals surface area (Å²) >= 11 is 0. The van der Waals surface area contributed by atoms with Gasteiger partial charge in [0.15, 0.2) is 17.7 Å². The lowest BCUT2D eigenvalue weighted by atomic mass is 10.1. The molecule has 1 aromatic carbocycles. The van der Waals surface area contributed by atoms with E-state index < -0.39 is 23.2 Å². The summed E-state index contributed by atoms with van der Waals surface area (Å²) in [5.74, 6) is -1.94. The molecule has 0 saturated carbocycles. The number of nitrogens with zero attached hydrogens (tertiary/aromatic N) is 2. The van der Waals surface area contributed by atoms with Crippen molar-refractivity contribution in [1.82, 2.24) is 9.47 Å². The second-order valence-corrected chi connectivity index (χ2v) is 7.87. The lowest BCUT2D eigenvalue weighted by Crippen LogP contribution is -2.51. The Morgan fingerprint density at radius 1 is 1.10 bits per heavy atom. The summed E-state index contributed by atoms with van der Waals surface area (Å²) in [5.41, 5.74) is -0.316. The number of carbonyl (C=O) groups is 2. The van der Waals surface area contributed by atoms with Crippen LogP contribution in [0.2, 0.25) is 0 Å². The molecule has 1 N–H and O–H groups in total. The minimum Gasteiger partial charge on any atom is -0.483 e. The van der Waals surface area contributed by atoms with Gasteiger partial charge in [0.1, 0.15) is 12.2 Å². The summed E-state index contributed by atoms with van der Waals surface area (Å²) in [6, 6.07) is 9.21. The lowest BCUT2D eigenvalue weighted by molar-refractivity contribution is -0.0657. The molecule has 1 unspecified atom stereocenters. The molecule has 2 aliphatic heterocycles. The summed E-state index contributed by atoms with van der Waals surface area (Å²) in [4.78, 5) is 39.7. The van der Waals surface area contributed by atoms with Crippen molar-refractivity contribution in [2.75, 3.05) is 13.2 Å². The van der Waals surface area contributed by atoms with Crippen LogP contribution < -0.4 is 10.2 Å². The fourth-order valence-electron chi connectivity index (χ4n) is 4.08. The summed E-state index contributed by atoms with van der Waals surface area (Å²) in [6.07, 6.45) is 5.71. The van der Waals surface area contributed by atoms with E-state index in [1.807, 2.05) is 30.3 Å². The van der Waals surface area contributed by atoms with Crippen molar-refractivity contribution in [1.29, 1.82) is 0 Å². The van der Waals surface area contributed by atoms with Crippen LogP contribution in [0.4, 0.5) is 0 Å². The molecule has 8 heteroatoms. The Morgan fingerprint density at radius 3 is 2.61 bits per heavy atom. The van der Waals surface area contributed by atoms with Gasteiger partial charge in [-0.2, -0.15) is 0 Å². The third-order valence-electron chi connectivity index (χ3n) is 5.71. The molecule has 1 atom stereocenters. The molecular weight excluding hydrogens is 400 g/mol. The quantitative estimate of drug-likeness (QED) is 0.807. The van der Waals surface area contributed by atoms with E-state index >= 15 is 0 Å². The van der Waals surface area contributed by atoms with E-state index in [0.717, 1.165) is 37.7 Å². The number of hydrogen-bond donors (Lipinski definition) is 1. The second-order valence-electron chi connectivity index (χ2n) is 7.87. The lowest BCUT2D eigenvalue weighted by Gasteiger charge is -2.38. The maximum Gasteiger partial charge on any atom is 0.341 e. The molecule has 1 saturated heterocycles. The highest BCUT2D eigenvalue weighted by Gasteiger charge is 2.37. The number of carboxylic acid groups (broad SMARTS) is 1. The first-order chi connectivity index (χ1) is 15.1. The Morgan fingerprint density at radius 2 is 1.84 bits per heavy atom. The SMILES string of the molecule is O=C(O)c1cn2c(c(OCc3ccccc3)c1=O)C(=O)N1CCCCCCCOC1C2. The number of hydrogen-bond acceptors (Lipinski definition) is 5. The predicted molar refractivity (Wildman–Crippen MR) is 112 cm³/mol. The van der Waals surface area contributed by atoms with Crippen LogP contribution in [0.25, 0.3) is 0 Å². The molecule has 0 spiro atoms. The normalized spacial score (nSPS) is 19.3. The minimum atomic E-state index is -1.35. The number of amides is 1. The Bertz CT molecular complexity index is 1020. The van der Waals surface area contributed by atoms with Crippen molar-refractivity contribution in [2.45, 2.75) is 51.5 Å². The zero-order valence-corrected chi connectivity index (χ0v) is 17.3. The van der Waals surface area contributed by atoms with Gasteiger partial charge in [-0.05, 0) is 18.4 Å². The molecule has 1 amide bonds. The van der Waals surface area contributed by atoms with Crippen molar-refractivity contribution >= 4 is 11.9 Å². The number of aromatic carboxylic acids is 1. The van der Waals surface area contributed by atoms with Gasteiger partial charge in [-0.15, -0.1) is 0 Å². The number of carbonyl (C=O) groups excluding carboxylic acids is 1. The molecule has 1 aromatic heterocycles. The third-order valence-corrected chi connectivity index (χ3v) is 5.71. The average molecular weight is 426 g/mol. The first-order valence-electron chi connectivity index (χ1n) is 10.7. The first kappa shape index (κ1) is 21.1. The molecule has 3 heterocycles. The molecular formula is C23H26N2O6. The van der Waals surface area contributed by atoms with Gasteiger partial charge in [-0.1, -0.05) is 49.6 Å². The Balaban J connectivity index is 1.74. The van der Waals surface area contributed by atoms with Gasteiger partial charge in [0, 0.05) is 19.3 Å². The number of aromatic nitrogens is 1. The molecule has 164 valence electrons. The highest BCUT2D eigenvalue weighted by molar-refractivity contribution is 5.97. The van der Waals surface area contributed by atoms with Gasteiger partial charge in [-0.3, -0.25) is 9.59 Å². The zero-order valence-electron chi connectivity index (χ0n) is 17.3. The van der Waals surface area contributed by atoms with Crippen LogP contribution in [0.5, 0.6) is 5.75 Å². The minimum absolute atomic E-state index is 0.0549. The number of carboxylic acids is 1. The Kier molecular flexibility index (Phi) is 6.36. The van der Waals surface area contributed by atoms with Crippen LogP contribution in [-0.2, 0) is 17.9 Å². The van der Waals surface area contributed by atoms with Crippen molar-refractivity contribution < 1.29 is 24.2 Å². The maximum absolute atomic E-state index is 13.4. The van der Waals surface area contributed by atoms with Crippen LogP contribution in [0.15, 0.2) is 41.3 Å². The van der Waals surface area contributed by atoms with Crippen LogP contribution in [0.1, 0.15) is 58.5 Å². The van der Waals surface area contributed by atoms with E-state index in [9.17, 15) is 19.5 Å². The molecule has 2 aliphatic rings. The molecule has 1 fully saturated rings. The van der Waals surface area contributed by atoms with Crippen LogP contribution >= 0.6 is 0 Å². The van der Waals surface area contributed by atoms with Crippen LogP contribution in [0, 0.1) is 0 Å². The fraction of sp³-hybridized carbons (Fsp3) is 0.435. The van der Waals surface area contributed by atoms with Crippen LogP contribution in [-0.4, -0.2) is 45.8 Å². The number of ether oxygens (including phenoxy) is 2. The van der Waals surface area contributed by atoms with Crippen LogP contribution in [0.3, 0.4) is 0 Å². The molecule has 0 bridgehead atoms. The van der Waals surface area contributed by atoms with E-state index in [1.165, 1.54) is 10.8 Å². The van der Waals surface area contributed by atoms with Gasteiger partial charge in [0.25, 0.3) is 5.91 Å². The number of pyridine rings is 1. The van der Waals surface area contributed by atoms with Gasteiger partial charge in [-0.25, -0.2) is 4.79 Å². The third kappa shape index (κ3) is 4.49. The highest BCUT2D eigenvalue weighted by Crippen LogP contribution is 2.27. The summed E-state index contributed by atoms with van der Waals surface area (Å²) < 4.78 is 13.2. The average Bonchev–Trinajstić information content (AvgIpc) is 2.77. The van der Waals surface area contributed by atoms with Crippen molar-refractivity contribution in [3.63, 3.8) is 0 Å². The van der Waals surface area contributed by atoms with Gasteiger partial charge in [0.2, 0.25) is 5.43 Å². The van der Waals surface area contributed by atoms with Gasteiger partial charge in [0.05, 0.1) is 6.54 Å². The van der Waals surface area contributed by atoms with E-state index in [2.05, 4.69) is 0 Å². The van der Waals surface area contributed by atoms with Gasteiger partial charge >= 0.3 is 5.97 Å². The topological polar surface area (TPSA) is 98.1 Å². The largest absolute Gasteiger partial charge is 0.483 e. The molecule has 0 radical (unpaired) electrons. The zero-order chi connectivity index (χ0) is 21.8. The first-order valence-corrected chi connectivity index (χ1v) is 10.7. The second kappa shape index (κ2) is 9.34. The molecule has 2 aromatic rings. The molecule has 4 rings (SSSR count). The van der Waals surface area contributed by atoms with Crippen molar-refractivity contribution in [2.24, 2.45) is 0 Å². The smallest absolute Gasteiger partial charge is 0.341 e. The predicted octanol–water partition coefficient (Wildman–Crippen LogP) is 2.89. The van der Waals surface area contributed by atoms with E-state index in [4.69, 9.17) is 9.47 Å². The van der Waals surface area contributed by atoms with E-state index in [1.54, 1.807) is 4.90 Å². The highest BCUT2D eigenvalue weighted by atomic mass is 16.5. The number of rotatable bonds is 4. The Labute approximate surface area is 180 Å². The molecule has 0 aliphatic carbocycles. The van der Waals surface area contributed by atoms with Gasteiger partial charge < -0.3 is 24.0 Å². The maximum atomic E-state index is 13.4. The summed E-state index contributed by atoms with van der Waals surface area (Å²) in [6.45, 7) is 1.37. The van der Waals surface area contributed by atoms with Crippen molar-refractivity contribution in [3.05, 3.63) is 63.6 Å². The monoisotopic (exact) mass is 426 g/mol. The number of fused-ring (bicyclic) bond motifs is 2. The number of benzene rings is 1.